The van der Waals surface area contributed by atoms with E-state index in [9.17, 15) is 4.79 Å². The van der Waals surface area contributed by atoms with Crippen LogP contribution in [0.4, 0.5) is 4.39 Å². The molecule has 2 fully saturated rings. The molecule has 0 aliphatic carbocycles. The second-order valence-corrected chi connectivity index (χ2v) is 10.3. The summed E-state index contributed by atoms with van der Waals surface area (Å²) in [6, 6.07) is 1.25. The van der Waals surface area contributed by atoms with Crippen LogP contribution in [0.3, 0.4) is 0 Å². The smallest absolute Gasteiger partial charge is 0.232 e. The number of aromatic nitrogens is 2. The predicted molar refractivity (Wildman–Crippen MR) is 118 cm³/mol. The lowest BCUT2D eigenvalue weighted by Crippen LogP contribution is -2.63. The van der Waals surface area contributed by atoms with Gasteiger partial charge in [-0.2, -0.15) is 0 Å². The number of hydrogen-bond acceptors (Lipinski definition) is 4. The van der Waals surface area contributed by atoms with Crippen molar-refractivity contribution in [2.75, 3.05) is 6.61 Å². The van der Waals surface area contributed by atoms with E-state index < -0.39 is 11.4 Å². The number of nitrogens with zero attached hydrogens (tertiary/aromatic N) is 2. The molecule has 2 saturated heterocycles. The number of carbonyl (C=O) groups is 1. The summed E-state index contributed by atoms with van der Waals surface area (Å²) < 4.78 is 20.6. The van der Waals surface area contributed by atoms with Gasteiger partial charge < -0.3 is 15.0 Å². The van der Waals surface area contributed by atoms with Crippen molar-refractivity contribution in [3.63, 3.8) is 0 Å². The van der Waals surface area contributed by atoms with Crippen molar-refractivity contribution in [3.8, 4) is 0 Å². The molecule has 0 saturated carbocycles. The zero-order valence-corrected chi connectivity index (χ0v) is 19.3. The van der Waals surface area contributed by atoms with E-state index in [1.165, 1.54) is 11.0 Å². The molecule has 1 amide bonds. The molecule has 1 aromatic heterocycles. The van der Waals surface area contributed by atoms with E-state index in [0.29, 0.717) is 41.4 Å². The topological polar surface area (TPSA) is 94.1 Å². The quantitative estimate of drug-likeness (QED) is 0.640. The first-order valence-electron chi connectivity index (χ1n) is 10.6. The Kier molecular flexibility index (Phi) is 5.29. The Labute approximate surface area is 186 Å². The first-order valence-corrected chi connectivity index (χ1v) is 11.0. The molecule has 0 bridgehead atoms. The highest BCUT2D eigenvalue weighted by atomic mass is 35.5. The number of aromatic amines is 1. The first kappa shape index (κ1) is 22.0. The number of amides is 1. The van der Waals surface area contributed by atoms with Gasteiger partial charge in [-0.3, -0.25) is 15.1 Å². The summed E-state index contributed by atoms with van der Waals surface area (Å²) in [6.45, 7) is 10.2. The van der Waals surface area contributed by atoms with Crippen molar-refractivity contribution in [3.05, 3.63) is 28.3 Å². The molecule has 3 atom stereocenters. The molecular weight excluding hydrogens is 421 g/mol. The van der Waals surface area contributed by atoms with Crippen LogP contribution >= 0.6 is 11.6 Å². The van der Waals surface area contributed by atoms with Crippen LogP contribution in [0, 0.1) is 11.2 Å². The molecular formula is C22H29ClFN5O2. The highest BCUT2D eigenvalue weighted by Gasteiger charge is 2.44. The Morgan fingerprint density at radius 1 is 1.42 bits per heavy atom. The van der Waals surface area contributed by atoms with Crippen LogP contribution in [0.15, 0.2) is 6.07 Å². The fourth-order valence-corrected chi connectivity index (χ4v) is 4.89. The minimum Gasteiger partial charge on any atom is -0.378 e. The summed E-state index contributed by atoms with van der Waals surface area (Å²) in [6.07, 6.45) is 1.46. The molecule has 0 spiro atoms. The van der Waals surface area contributed by atoms with E-state index in [0.717, 1.165) is 0 Å². The summed E-state index contributed by atoms with van der Waals surface area (Å²) in [7, 11) is 0. The molecule has 2 aliphatic rings. The normalized spacial score (nSPS) is 27.6. The Bertz CT molecular complexity index is 1040. The van der Waals surface area contributed by atoms with E-state index >= 15 is 4.39 Å². The number of guanidine groups is 1. The fourth-order valence-electron chi connectivity index (χ4n) is 4.49. The molecule has 9 heteroatoms. The van der Waals surface area contributed by atoms with Crippen molar-refractivity contribution in [2.45, 2.75) is 77.0 Å². The number of halogens is 2. The molecule has 2 aromatic rings. The molecule has 4 rings (SSSR count). The van der Waals surface area contributed by atoms with E-state index in [1.807, 2.05) is 27.7 Å². The van der Waals surface area contributed by atoms with Gasteiger partial charge in [0.15, 0.2) is 11.8 Å². The lowest BCUT2D eigenvalue weighted by Gasteiger charge is -2.45. The van der Waals surface area contributed by atoms with Gasteiger partial charge in [-0.15, -0.1) is 0 Å². The standard InChI is InChI=1S/C22H29ClFN5O2/c1-11-8-12(6-7-31-11)29-15(30)10-22(5,28-20(29)25)13-9-14(24)17-18(16(13)23)27-19(26-17)21(2,3)4/h9,11-12H,6-8,10H2,1-5H3,(H2,25,28)(H,26,27)/t11-,12-,22-/m0/s1. The van der Waals surface area contributed by atoms with Gasteiger partial charge in [0.1, 0.15) is 11.3 Å². The monoisotopic (exact) mass is 449 g/mol. The maximum atomic E-state index is 15.0. The molecule has 3 N–H and O–H groups in total. The number of ether oxygens (including phenoxy) is 1. The Morgan fingerprint density at radius 3 is 2.74 bits per heavy atom. The van der Waals surface area contributed by atoms with Gasteiger partial charge in [-0.05, 0) is 32.8 Å². The minimum absolute atomic E-state index is 0.00872. The van der Waals surface area contributed by atoms with Gasteiger partial charge in [-0.25, -0.2) is 9.37 Å². The number of nitrogens with one attached hydrogen (secondary N) is 3. The largest absolute Gasteiger partial charge is 0.378 e. The second-order valence-electron chi connectivity index (χ2n) is 9.88. The molecule has 0 radical (unpaired) electrons. The van der Waals surface area contributed by atoms with Crippen molar-refractivity contribution in [2.24, 2.45) is 0 Å². The Balaban J connectivity index is 1.70. The lowest BCUT2D eigenvalue weighted by atomic mass is 9.85. The maximum Gasteiger partial charge on any atom is 0.232 e. The molecule has 7 nitrogen and oxygen atoms in total. The molecule has 3 heterocycles. The third-order valence-corrected chi connectivity index (χ3v) is 6.59. The van der Waals surface area contributed by atoms with Gasteiger partial charge in [0.05, 0.1) is 28.6 Å². The molecule has 168 valence electrons. The van der Waals surface area contributed by atoms with Gasteiger partial charge in [-0.1, -0.05) is 32.4 Å². The highest BCUT2D eigenvalue weighted by Crippen LogP contribution is 2.40. The van der Waals surface area contributed by atoms with Crippen LogP contribution in [-0.4, -0.2) is 45.5 Å². The summed E-state index contributed by atoms with van der Waals surface area (Å²) >= 11 is 6.71. The number of H-pyrrole nitrogens is 1. The lowest BCUT2D eigenvalue weighted by molar-refractivity contribution is -0.134. The van der Waals surface area contributed by atoms with Crippen molar-refractivity contribution in [1.82, 2.24) is 20.2 Å². The Hall–Kier alpha value is -2.19. The molecule has 0 unspecified atom stereocenters. The van der Waals surface area contributed by atoms with Crippen LogP contribution in [-0.2, 0) is 20.5 Å². The second kappa shape index (κ2) is 7.45. The number of benzene rings is 1. The van der Waals surface area contributed by atoms with Crippen LogP contribution in [0.2, 0.25) is 5.02 Å². The fraction of sp³-hybridized carbons (Fsp3) is 0.591. The zero-order chi connectivity index (χ0) is 22.7. The Morgan fingerprint density at radius 2 is 2.13 bits per heavy atom. The molecule has 31 heavy (non-hydrogen) atoms. The minimum atomic E-state index is -1.01. The third kappa shape index (κ3) is 3.80. The van der Waals surface area contributed by atoms with Gasteiger partial charge in [0, 0.05) is 23.6 Å². The van der Waals surface area contributed by atoms with E-state index in [2.05, 4.69) is 15.3 Å². The number of rotatable bonds is 2. The van der Waals surface area contributed by atoms with Crippen LogP contribution in [0.25, 0.3) is 11.0 Å². The maximum absolute atomic E-state index is 15.0. The van der Waals surface area contributed by atoms with E-state index in [-0.39, 0.29) is 41.4 Å². The zero-order valence-electron chi connectivity index (χ0n) is 18.5. The average molecular weight is 450 g/mol. The summed E-state index contributed by atoms with van der Waals surface area (Å²) in [5.74, 6) is -0.0500. The van der Waals surface area contributed by atoms with Crippen LogP contribution in [0.1, 0.15) is 65.3 Å². The predicted octanol–water partition coefficient (Wildman–Crippen LogP) is 4.19. The van der Waals surface area contributed by atoms with E-state index in [4.69, 9.17) is 21.7 Å². The van der Waals surface area contributed by atoms with Gasteiger partial charge in [0.25, 0.3) is 0 Å². The summed E-state index contributed by atoms with van der Waals surface area (Å²) in [4.78, 5) is 22.2. The van der Waals surface area contributed by atoms with Gasteiger partial charge >= 0.3 is 0 Å². The SMILES string of the molecule is C[C@H]1C[C@@H](N2C(=N)N[C@](C)(c3cc(F)c4nc(C(C)(C)C)[nH]c4c3Cl)CC2=O)CCO1. The summed E-state index contributed by atoms with van der Waals surface area (Å²) in [5, 5.41) is 12.0. The van der Waals surface area contributed by atoms with Crippen LogP contribution in [0.5, 0.6) is 0 Å². The molecule has 1 aromatic carbocycles. The van der Waals surface area contributed by atoms with Crippen LogP contribution < -0.4 is 5.32 Å². The first-order chi connectivity index (χ1) is 14.4. The number of imidazole rings is 1. The highest BCUT2D eigenvalue weighted by molar-refractivity contribution is 6.36. The van der Waals surface area contributed by atoms with Crippen molar-refractivity contribution >= 4 is 34.5 Å². The van der Waals surface area contributed by atoms with Gasteiger partial charge in [0.2, 0.25) is 5.91 Å². The summed E-state index contributed by atoms with van der Waals surface area (Å²) in [5.41, 5.74) is -0.301. The van der Waals surface area contributed by atoms with E-state index in [1.54, 1.807) is 6.92 Å². The van der Waals surface area contributed by atoms with Crippen molar-refractivity contribution < 1.29 is 13.9 Å². The van der Waals surface area contributed by atoms with Crippen molar-refractivity contribution in [1.29, 1.82) is 5.41 Å². The number of fused-ring (bicyclic) bond motifs is 1. The number of hydrogen-bond donors (Lipinski definition) is 3. The number of carbonyl (C=O) groups excluding carboxylic acids is 1. The average Bonchev–Trinajstić information content (AvgIpc) is 3.11. The third-order valence-electron chi connectivity index (χ3n) is 6.19. The molecule has 2 aliphatic heterocycles.